The van der Waals surface area contributed by atoms with Gasteiger partial charge in [0.2, 0.25) is 0 Å². The van der Waals surface area contributed by atoms with Gasteiger partial charge < -0.3 is 10.5 Å². The summed E-state index contributed by atoms with van der Waals surface area (Å²) in [4.78, 5) is 0. The minimum Gasteiger partial charge on any atom is -0.494 e. The molecule has 1 fully saturated rings. The zero-order valence-electron chi connectivity index (χ0n) is 10.7. The van der Waals surface area contributed by atoms with Crippen molar-refractivity contribution in [3.8, 4) is 5.75 Å². The van der Waals surface area contributed by atoms with Crippen LogP contribution >= 0.6 is 0 Å². The van der Waals surface area contributed by atoms with Crippen LogP contribution in [0, 0.1) is 0 Å². The van der Waals surface area contributed by atoms with Crippen LogP contribution < -0.4 is 10.5 Å². The fraction of sp³-hybridized carbons (Fsp3) is 0.600. The predicted octanol–water partition coefficient (Wildman–Crippen LogP) is 3.25. The Bertz CT molecular complexity index is 338. The molecule has 1 aromatic carbocycles. The molecule has 94 valence electrons. The highest BCUT2D eigenvalue weighted by Crippen LogP contribution is 2.39. The molecule has 0 spiro atoms. The van der Waals surface area contributed by atoms with Crippen LogP contribution in [0.4, 0.5) is 0 Å². The van der Waals surface area contributed by atoms with Gasteiger partial charge in [-0.15, -0.1) is 0 Å². The summed E-state index contributed by atoms with van der Waals surface area (Å²) in [5.41, 5.74) is 7.65. The minimum absolute atomic E-state index is 0.225. The van der Waals surface area contributed by atoms with E-state index in [2.05, 4.69) is 24.3 Å². The van der Waals surface area contributed by atoms with E-state index in [9.17, 15) is 0 Å². The summed E-state index contributed by atoms with van der Waals surface area (Å²) < 4.78 is 5.48. The molecule has 2 rings (SSSR count). The van der Waals surface area contributed by atoms with Crippen LogP contribution in [0.1, 0.15) is 44.6 Å². The van der Waals surface area contributed by atoms with Crippen LogP contribution in [0.2, 0.25) is 0 Å². The molecule has 2 heteroatoms. The molecular weight excluding hydrogens is 210 g/mol. The van der Waals surface area contributed by atoms with E-state index in [1.165, 1.54) is 37.7 Å². The van der Waals surface area contributed by atoms with Gasteiger partial charge in [0.05, 0.1) is 6.61 Å². The summed E-state index contributed by atoms with van der Waals surface area (Å²) in [5, 5.41) is 0. The highest BCUT2D eigenvalue weighted by molar-refractivity contribution is 5.33. The van der Waals surface area contributed by atoms with Gasteiger partial charge in [-0.3, -0.25) is 0 Å². The van der Waals surface area contributed by atoms with Crippen molar-refractivity contribution in [2.45, 2.75) is 44.4 Å². The molecule has 1 saturated carbocycles. The third kappa shape index (κ3) is 2.63. The van der Waals surface area contributed by atoms with Gasteiger partial charge in [0.1, 0.15) is 5.75 Å². The van der Waals surface area contributed by atoms with E-state index in [0.29, 0.717) is 0 Å². The second-order valence-corrected chi connectivity index (χ2v) is 5.00. The standard InChI is InChI=1S/C15H23NO/c1-2-17-14-8-6-13(7-9-14)15(12-16)10-4-3-5-11-15/h6-9H,2-5,10-12,16H2,1H3. The van der Waals surface area contributed by atoms with E-state index < -0.39 is 0 Å². The summed E-state index contributed by atoms with van der Waals surface area (Å²) in [6.45, 7) is 3.50. The zero-order valence-corrected chi connectivity index (χ0v) is 10.7. The second-order valence-electron chi connectivity index (χ2n) is 5.00. The van der Waals surface area contributed by atoms with Crippen molar-refractivity contribution in [3.05, 3.63) is 29.8 Å². The molecule has 0 heterocycles. The largest absolute Gasteiger partial charge is 0.494 e. The molecule has 1 aliphatic carbocycles. The average Bonchev–Trinajstić information content (AvgIpc) is 2.41. The van der Waals surface area contributed by atoms with Crippen LogP contribution in [0.5, 0.6) is 5.75 Å². The molecule has 0 aliphatic heterocycles. The topological polar surface area (TPSA) is 35.2 Å². The Kier molecular flexibility index (Phi) is 4.06. The van der Waals surface area contributed by atoms with E-state index in [0.717, 1.165) is 18.9 Å². The van der Waals surface area contributed by atoms with E-state index in [1.807, 2.05) is 6.92 Å². The summed E-state index contributed by atoms with van der Waals surface area (Å²) in [6, 6.07) is 8.54. The highest BCUT2D eigenvalue weighted by atomic mass is 16.5. The SMILES string of the molecule is CCOc1ccc(C2(CN)CCCCC2)cc1. The maximum absolute atomic E-state index is 6.04. The molecule has 1 aliphatic rings. The fourth-order valence-corrected chi connectivity index (χ4v) is 2.91. The van der Waals surface area contributed by atoms with Gasteiger partial charge >= 0.3 is 0 Å². The summed E-state index contributed by atoms with van der Waals surface area (Å²) in [6.07, 6.45) is 6.45. The lowest BCUT2D eigenvalue weighted by atomic mass is 9.69. The minimum atomic E-state index is 0.225. The smallest absolute Gasteiger partial charge is 0.119 e. The van der Waals surface area contributed by atoms with Gasteiger partial charge in [-0.05, 0) is 37.5 Å². The Hall–Kier alpha value is -1.02. The van der Waals surface area contributed by atoms with Crippen molar-refractivity contribution in [2.75, 3.05) is 13.2 Å². The molecular formula is C15H23NO. The van der Waals surface area contributed by atoms with Crippen molar-refractivity contribution in [2.24, 2.45) is 5.73 Å². The summed E-state index contributed by atoms with van der Waals surface area (Å²) >= 11 is 0. The van der Waals surface area contributed by atoms with Gasteiger partial charge in [0, 0.05) is 12.0 Å². The zero-order chi connectivity index (χ0) is 12.1. The van der Waals surface area contributed by atoms with Crippen molar-refractivity contribution in [1.29, 1.82) is 0 Å². The molecule has 2 N–H and O–H groups in total. The molecule has 0 radical (unpaired) electrons. The van der Waals surface area contributed by atoms with Crippen LogP contribution in [0.15, 0.2) is 24.3 Å². The fourth-order valence-electron chi connectivity index (χ4n) is 2.91. The van der Waals surface area contributed by atoms with E-state index in [4.69, 9.17) is 10.5 Å². The van der Waals surface area contributed by atoms with Crippen molar-refractivity contribution < 1.29 is 4.74 Å². The number of hydrogen-bond acceptors (Lipinski definition) is 2. The Morgan fingerprint density at radius 2 is 1.76 bits per heavy atom. The Morgan fingerprint density at radius 3 is 2.29 bits per heavy atom. The van der Waals surface area contributed by atoms with E-state index in [-0.39, 0.29) is 5.41 Å². The third-order valence-electron chi connectivity index (χ3n) is 3.98. The maximum Gasteiger partial charge on any atom is 0.119 e. The molecule has 0 amide bonds. The first-order valence-electron chi connectivity index (χ1n) is 6.74. The number of rotatable bonds is 4. The summed E-state index contributed by atoms with van der Waals surface area (Å²) in [5.74, 6) is 0.958. The maximum atomic E-state index is 6.04. The lowest BCUT2D eigenvalue weighted by Crippen LogP contribution is -2.37. The van der Waals surface area contributed by atoms with Crippen LogP contribution in [-0.4, -0.2) is 13.2 Å². The second kappa shape index (κ2) is 5.54. The predicted molar refractivity (Wildman–Crippen MR) is 71.4 cm³/mol. The Labute approximate surface area is 104 Å². The molecule has 2 nitrogen and oxygen atoms in total. The van der Waals surface area contributed by atoms with Gasteiger partial charge in [-0.25, -0.2) is 0 Å². The molecule has 0 atom stereocenters. The molecule has 0 aromatic heterocycles. The lowest BCUT2D eigenvalue weighted by Gasteiger charge is -2.36. The molecule has 0 saturated heterocycles. The van der Waals surface area contributed by atoms with Gasteiger partial charge in [-0.1, -0.05) is 31.4 Å². The number of nitrogens with two attached hydrogens (primary N) is 1. The van der Waals surface area contributed by atoms with E-state index in [1.54, 1.807) is 0 Å². The van der Waals surface area contributed by atoms with Crippen molar-refractivity contribution >= 4 is 0 Å². The molecule has 0 bridgehead atoms. The van der Waals surface area contributed by atoms with E-state index >= 15 is 0 Å². The quantitative estimate of drug-likeness (QED) is 0.866. The first kappa shape index (κ1) is 12.4. The normalized spacial score (nSPS) is 18.9. The van der Waals surface area contributed by atoms with Gasteiger partial charge in [0.25, 0.3) is 0 Å². The van der Waals surface area contributed by atoms with Crippen LogP contribution in [-0.2, 0) is 5.41 Å². The van der Waals surface area contributed by atoms with Crippen molar-refractivity contribution in [3.63, 3.8) is 0 Å². The molecule has 17 heavy (non-hydrogen) atoms. The molecule has 0 unspecified atom stereocenters. The lowest BCUT2D eigenvalue weighted by molar-refractivity contribution is 0.300. The van der Waals surface area contributed by atoms with Crippen molar-refractivity contribution in [1.82, 2.24) is 0 Å². The van der Waals surface area contributed by atoms with Gasteiger partial charge in [0.15, 0.2) is 0 Å². The Balaban J connectivity index is 2.18. The number of benzene rings is 1. The first-order valence-corrected chi connectivity index (χ1v) is 6.74. The monoisotopic (exact) mass is 233 g/mol. The third-order valence-corrected chi connectivity index (χ3v) is 3.98. The average molecular weight is 233 g/mol. The van der Waals surface area contributed by atoms with Gasteiger partial charge in [-0.2, -0.15) is 0 Å². The number of ether oxygens (including phenoxy) is 1. The van der Waals surface area contributed by atoms with Crippen LogP contribution in [0.3, 0.4) is 0 Å². The van der Waals surface area contributed by atoms with Crippen LogP contribution in [0.25, 0.3) is 0 Å². The molecule has 1 aromatic rings. The number of hydrogen-bond donors (Lipinski definition) is 1. The highest BCUT2D eigenvalue weighted by Gasteiger charge is 2.32. The first-order chi connectivity index (χ1) is 8.30. The Morgan fingerprint density at radius 1 is 1.12 bits per heavy atom. The summed E-state index contributed by atoms with van der Waals surface area (Å²) in [7, 11) is 0.